The minimum Gasteiger partial charge on any atom is -0.342 e. The van der Waals surface area contributed by atoms with Crippen molar-refractivity contribution in [2.75, 3.05) is 19.6 Å². The van der Waals surface area contributed by atoms with Crippen LogP contribution in [-0.2, 0) is 11.2 Å². The summed E-state index contributed by atoms with van der Waals surface area (Å²) >= 11 is 0. The molecular weight excluding hydrogens is 272 g/mol. The number of nitrogens with two attached hydrogens (primary N) is 1. The highest BCUT2D eigenvalue weighted by molar-refractivity contribution is 5.79. The van der Waals surface area contributed by atoms with E-state index in [-0.39, 0.29) is 5.92 Å². The van der Waals surface area contributed by atoms with Gasteiger partial charge in [-0.25, -0.2) is 0 Å². The monoisotopic (exact) mass is 300 g/mol. The summed E-state index contributed by atoms with van der Waals surface area (Å²) in [5.74, 6) is 1.73. The van der Waals surface area contributed by atoms with Crippen molar-refractivity contribution in [3.63, 3.8) is 0 Å². The summed E-state index contributed by atoms with van der Waals surface area (Å²) in [6.07, 6.45) is 6.78. The van der Waals surface area contributed by atoms with Crippen LogP contribution in [-0.4, -0.2) is 30.4 Å². The van der Waals surface area contributed by atoms with Crippen LogP contribution >= 0.6 is 0 Å². The molecule has 0 spiro atoms. The minimum atomic E-state index is 0.204. The SMILES string of the molecule is NC[C@H]1CCC[C@H]1C(=O)N1CCC(Cc2ccccc2)CC1. The number of likely N-dealkylation sites (tertiary alicyclic amines) is 1. The molecule has 2 fully saturated rings. The molecule has 120 valence electrons. The Morgan fingerprint density at radius 3 is 2.50 bits per heavy atom. The van der Waals surface area contributed by atoms with Crippen LogP contribution in [0, 0.1) is 17.8 Å². The molecular formula is C19H28N2O. The Bertz CT molecular complexity index is 479. The van der Waals surface area contributed by atoms with Crippen LogP contribution in [0.3, 0.4) is 0 Å². The molecule has 1 aliphatic carbocycles. The minimum absolute atomic E-state index is 0.204. The zero-order valence-electron chi connectivity index (χ0n) is 13.4. The van der Waals surface area contributed by atoms with Gasteiger partial charge in [-0.2, -0.15) is 0 Å². The summed E-state index contributed by atoms with van der Waals surface area (Å²) in [6.45, 7) is 2.54. The van der Waals surface area contributed by atoms with E-state index in [0.29, 0.717) is 18.4 Å². The maximum atomic E-state index is 12.7. The van der Waals surface area contributed by atoms with Crippen LogP contribution in [0.1, 0.15) is 37.7 Å². The van der Waals surface area contributed by atoms with Crippen molar-refractivity contribution in [1.82, 2.24) is 4.90 Å². The molecule has 1 amide bonds. The molecule has 2 atom stereocenters. The molecule has 2 N–H and O–H groups in total. The topological polar surface area (TPSA) is 46.3 Å². The predicted molar refractivity (Wildman–Crippen MR) is 89.3 cm³/mol. The van der Waals surface area contributed by atoms with Gasteiger partial charge >= 0.3 is 0 Å². The number of carbonyl (C=O) groups is 1. The van der Waals surface area contributed by atoms with Gasteiger partial charge in [0.05, 0.1) is 0 Å². The largest absolute Gasteiger partial charge is 0.342 e. The third-order valence-electron chi connectivity index (χ3n) is 5.57. The first-order chi connectivity index (χ1) is 10.8. The van der Waals surface area contributed by atoms with Gasteiger partial charge in [-0.3, -0.25) is 4.79 Å². The summed E-state index contributed by atoms with van der Waals surface area (Å²) in [7, 11) is 0. The average molecular weight is 300 g/mol. The lowest BCUT2D eigenvalue weighted by molar-refractivity contribution is -0.138. The summed E-state index contributed by atoms with van der Waals surface area (Å²) in [4.78, 5) is 14.8. The lowest BCUT2D eigenvalue weighted by Crippen LogP contribution is -2.43. The molecule has 1 heterocycles. The maximum Gasteiger partial charge on any atom is 0.226 e. The first-order valence-corrected chi connectivity index (χ1v) is 8.80. The molecule has 0 radical (unpaired) electrons. The molecule has 1 saturated carbocycles. The van der Waals surface area contributed by atoms with Crippen molar-refractivity contribution in [3.05, 3.63) is 35.9 Å². The van der Waals surface area contributed by atoms with Crippen molar-refractivity contribution in [2.24, 2.45) is 23.5 Å². The van der Waals surface area contributed by atoms with Crippen LogP contribution < -0.4 is 5.73 Å². The van der Waals surface area contributed by atoms with Gasteiger partial charge < -0.3 is 10.6 Å². The lowest BCUT2D eigenvalue weighted by Gasteiger charge is -2.34. The van der Waals surface area contributed by atoms with Crippen molar-refractivity contribution in [2.45, 2.75) is 38.5 Å². The number of hydrogen-bond donors (Lipinski definition) is 1. The summed E-state index contributed by atoms with van der Waals surface area (Å²) in [5.41, 5.74) is 7.25. The zero-order valence-corrected chi connectivity index (χ0v) is 13.4. The maximum absolute atomic E-state index is 12.7. The van der Waals surface area contributed by atoms with Crippen molar-refractivity contribution in [3.8, 4) is 0 Å². The van der Waals surface area contributed by atoms with E-state index in [1.165, 1.54) is 12.0 Å². The van der Waals surface area contributed by atoms with Crippen LogP contribution in [0.25, 0.3) is 0 Å². The third kappa shape index (κ3) is 3.52. The molecule has 1 aliphatic heterocycles. The van der Waals surface area contributed by atoms with Gasteiger partial charge in [0.1, 0.15) is 0 Å². The summed E-state index contributed by atoms with van der Waals surface area (Å²) in [6, 6.07) is 10.7. The van der Waals surface area contributed by atoms with E-state index in [1.54, 1.807) is 0 Å². The standard InChI is InChI=1S/C19H28N2O/c20-14-17-7-4-8-18(17)19(22)21-11-9-16(10-12-21)13-15-5-2-1-3-6-15/h1-3,5-6,16-18H,4,7-14,20H2/t17-,18-/m1/s1. The van der Waals surface area contributed by atoms with Crippen LogP contribution in [0.5, 0.6) is 0 Å². The van der Waals surface area contributed by atoms with E-state index in [1.807, 2.05) is 0 Å². The van der Waals surface area contributed by atoms with E-state index < -0.39 is 0 Å². The van der Waals surface area contributed by atoms with Crippen molar-refractivity contribution >= 4 is 5.91 Å². The molecule has 1 aromatic rings. The molecule has 1 saturated heterocycles. The Balaban J connectivity index is 1.50. The summed E-state index contributed by atoms with van der Waals surface area (Å²) < 4.78 is 0. The molecule has 22 heavy (non-hydrogen) atoms. The van der Waals surface area contributed by atoms with Gasteiger partial charge in [-0.1, -0.05) is 36.8 Å². The molecule has 3 rings (SSSR count). The Morgan fingerprint density at radius 1 is 1.09 bits per heavy atom. The van der Waals surface area contributed by atoms with Gasteiger partial charge in [-0.15, -0.1) is 0 Å². The molecule has 0 unspecified atom stereocenters. The highest BCUT2D eigenvalue weighted by atomic mass is 16.2. The number of hydrogen-bond acceptors (Lipinski definition) is 2. The fourth-order valence-electron chi connectivity index (χ4n) is 4.18. The second kappa shape index (κ2) is 7.28. The smallest absolute Gasteiger partial charge is 0.226 e. The van der Waals surface area contributed by atoms with Gasteiger partial charge in [0, 0.05) is 19.0 Å². The normalized spacial score (nSPS) is 26.3. The Labute approximate surface area is 133 Å². The first-order valence-electron chi connectivity index (χ1n) is 8.80. The van der Waals surface area contributed by atoms with Gasteiger partial charge in [0.25, 0.3) is 0 Å². The molecule has 3 nitrogen and oxygen atoms in total. The number of rotatable bonds is 4. The quantitative estimate of drug-likeness (QED) is 0.929. The van der Waals surface area contributed by atoms with E-state index >= 15 is 0 Å². The number of nitrogens with zero attached hydrogens (tertiary/aromatic N) is 1. The fraction of sp³-hybridized carbons (Fsp3) is 0.632. The predicted octanol–water partition coefficient (Wildman–Crippen LogP) is 2.84. The highest BCUT2D eigenvalue weighted by Gasteiger charge is 2.35. The van der Waals surface area contributed by atoms with Crippen LogP contribution in [0.2, 0.25) is 0 Å². The molecule has 0 aromatic heterocycles. The van der Waals surface area contributed by atoms with Gasteiger partial charge in [-0.05, 0) is 56.0 Å². The van der Waals surface area contributed by atoms with Crippen molar-refractivity contribution < 1.29 is 4.79 Å². The first kappa shape index (κ1) is 15.5. The van der Waals surface area contributed by atoms with Crippen LogP contribution in [0.15, 0.2) is 30.3 Å². The van der Waals surface area contributed by atoms with Gasteiger partial charge in [0.2, 0.25) is 5.91 Å². The van der Waals surface area contributed by atoms with E-state index in [2.05, 4.69) is 35.2 Å². The number of benzene rings is 1. The lowest BCUT2D eigenvalue weighted by atomic mass is 9.88. The molecule has 1 aromatic carbocycles. The molecule has 0 bridgehead atoms. The van der Waals surface area contributed by atoms with E-state index in [9.17, 15) is 4.79 Å². The van der Waals surface area contributed by atoms with Gasteiger partial charge in [0.15, 0.2) is 0 Å². The number of piperidine rings is 1. The number of carbonyl (C=O) groups excluding carboxylic acids is 1. The second-order valence-electron chi connectivity index (χ2n) is 6.99. The fourth-order valence-corrected chi connectivity index (χ4v) is 4.18. The second-order valence-corrected chi connectivity index (χ2v) is 6.99. The van der Waals surface area contributed by atoms with Crippen LogP contribution in [0.4, 0.5) is 0 Å². The highest BCUT2D eigenvalue weighted by Crippen LogP contribution is 2.33. The zero-order chi connectivity index (χ0) is 15.4. The average Bonchev–Trinajstić information content (AvgIpc) is 3.04. The van der Waals surface area contributed by atoms with E-state index in [4.69, 9.17) is 5.73 Å². The van der Waals surface area contributed by atoms with Crippen molar-refractivity contribution in [1.29, 1.82) is 0 Å². The number of amides is 1. The Kier molecular flexibility index (Phi) is 5.14. The summed E-state index contributed by atoms with van der Waals surface area (Å²) in [5, 5.41) is 0. The van der Waals surface area contributed by atoms with E-state index in [0.717, 1.165) is 51.1 Å². The molecule has 2 aliphatic rings. The Morgan fingerprint density at radius 2 is 1.82 bits per heavy atom. The Hall–Kier alpha value is -1.35. The third-order valence-corrected chi connectivity index (χ3v) is 5.57. The molecule has 3 heteroatoms.